The normalized spacial score (nSPS) is 15.3. The van der Waals surface area contributed by atoms with E-state index < -0.39 is 0 Å². The minimum absolute atomic E-state index is 0.355. The second-order valence-electron chi connectivity index (χ2n) is 2.97. The van der Waals surface area contributed by atoms with E-state index in [0.717, 1.165) is 17.7 Å². The van der Waals surface area contributed by atoms with Crippen molar-refractivity contribution in [3.63, 3.8) is 0 Å². The number of aromatic nitrogens is 1. The van der Waals surface area contributed by atoms with Gasteiger partial charge in [0.15, 0.2) is 6.29 Å². The Morgan fingerprint density at radius 3 is 2.85 bits per heavy atom. The van der Waals surface area contributed by atoms with Crippen molar-refractivity contribution in [2.24, 2.45) is 0 Å². The molecule has 1 atom stereocenters. The van der Waals surface area contributed by atoms with Crippen LogP contribution in [0.15, 0.2) is 6.20 Å². The number of hydrogen-bond donors (Lipinski definition) is 0. The minimum atomic E-state index is -0.355. The number of nitrogens with zero attached hydrogens (tertiary/aromatic N) is 1. The second-order valence-corrected chi connectivity index (χ2v) is 4.04. The molecule has 4 heteroatoms. The van der Waals surface area contributed by atoms with Crippen LogP contribution in [0.25, 0.3) is 0 Å². The van der Waals surface area contributed by atoms with Gasteiger partial charge < -0.3 is 4.74 Å². The monoisotopic (exact) mass is 199 g/mol. The van der Waals surface area contributed by atoms with E-state index in [9.17, 15) is 4.79 Å². The van der Waals surface area contributed by atoms with E-state index in [0.29, 0.717) is 4.88 Å². The van der Waals surface area contributed by atoms with E-state index in [1.807, 2.05) is 13.8 Å². The van der Waals surface area contributed by atoms with Gasteiger partial charge in [-0.05, 0) is 13.3 Å². The lowest BCUT2D eigenvalue weighted by Crippen LogP contribution is -2.22. The summed E-state index contributed by atoms with van der Waals surface area (Å²) in [6, 6.07) is 0. The van der Waals surface area contributed by atoms with E-state index in [1.54, 1.807) is 13.3 Å². The molecular formula is C9H13NO2S. The van der Waals surface area contributed by atoms with E-state index in [-0.39, 0.29) is 5.60 Å². The molecule has 72 valence electrons. The number of hydrogen-bond acceptors (Lipinski definition) is 4. The van der Waals surface area contributed by atoms with Gasteiger partial charge in [-0.2, -0.15) is 0 Å². The van der Waals surface area contributed by atoms with E-state index in [4.69, 9.17) is 4.74 Å². The lowest BCUT2D eigenvalue weighted by molar-refractivity contribution is -0.00156. The van der Waals surface area contributed by atoms with Gasteiger partial charge in [0.2, 0.25) is 0 Å². The first-order valence-electron chi connectivity index (χ1n) is 4.13. The van der Waals surface area contributed by atoms with Crippen LogP contribution in [0.5, 0.6) is 0 Å². The quantitative estimate of drug-likeness (QED) is 0.698. The Balaban J connectivity index is 2.98. The van der Waals surface area contributed by atoms with Gasteiger partial charge in [-0.1, -0.05) is 6.92 Å². The summed E-state index contributed by atoms with van der Waals surface area (Å²) < 4.78 is 5.36. The van der Waals surface area contributed by atoms with Gasteiger partial charge in [0.25, 0.3) is 0 Å². The molecular weight excluding hydrogens is 186 g/mol. The summed E-state index contributed by atoms with van der Waals surface area (Å²) in [6.07, 6.45) is 3.24. The Bertz CT molecular complexity index is 292. The van der Waals surface area contributed by atoms with Crippen LogP contribution < -0.4 is 0 Å². The van der Waals surface area contributed by atoms with E-state index >= 15 is 0 Å². The molecule has 0 aliphatic heterocycles. The molecule has 0 spiro atoms. The fourth-order valence-electron chi connectivity index (χ4n) is 0.968. The highest BCUT2D eigenvalue weighted by Gasteiger charge is 2.27. The van der Waals surface area contributed by atoms with Crippen molar-refractivity contribution in [1.29, 1.82) is 0 Å². The van der Waals surface area contributed by atoms with E-state index in [2.05, 4.69) is 4.98 Å². The third kappa shape index (κ3) is 1.95. The Labute approximate surface area is 81.8 Å². The molecule has 1 unspecified atom stereocenters. The van der Waals surface area contributed by atoms with Gasteiger partial charge >= 0.3 is 0 Å². The van der Waals surface area contributed by atoms with Gasteiger partial charge in [-0.15, -0.1) is 11.3 Å². The predicted octanol–water partition coefficient (Wildman–Crippen LogP) is 2.23. The zero-order valence-electron chi connectivity index (χ0n) is 8.03. The fraction of sp³-hybridized carbons (Fsp3) is 0.556. The first kappa shape index (κ1) is 10.3. The molecule has 0 aliphatic carbocycles. The van der Waals surface area contributed by atoms with Crippen molar-refractivity contribution in [3.05, 3.63) is 16.1 Å². The largest absolute Gasteiger partial charge is 0.371 e. The zero-order chi connectivity index (χ0) is 9.90. The number of thiazole rings is 1. The van der Waals surface area contributed by atoms with Crippen LogP contribution in [-0.2, 0) is 10.3 Å². The molecule has 3 nitrogen and oxygen atoms in total. The molecule has 1 aromatic heterocycles. The second kappa shape index (κ2) is 3.98. The zero-order valence-corrected chi connectivity index (χ0v) is 8.85. The third-order valence-electron chi connectivity index (χ3n) is 2.22. The average molecular weight is 199 g/mol. The summed E-state index contributed by atoms with van der Waals surface area (Å²) in [4.78, 5) is 15.3. The third-order valence-corrected chi connectivity index (χ3v) is 3.39. The molecule has 1 aromatic rings. The van der Waals surface area contributed by atoms with Crippen LogP contribution in [-0.4, -0.2) is 18.4 Å². The summed E-state index contributed by atoms with van der Waals surface area (Å²) in [5, 5.41) is 0.861. The number of rotatable bonds is 4. The molecule has 0 saturated heterocycles. The summed E-state index contributed by atoms with van der Waals surface area (Å²) in [5.41, 5.74) is -0.355. The number of aldehydes is 1. The molecule has 0 saturated carbocycles. The number of carbonyl (C=O) groups is 1. The minimum Gasteiger partial charge on any atom is -0.371 e. The number of ether oxygens (including phenoxy) is 1. The maximum absolute atomic E-state index is 10.5. The van der Waals surface area contributed by atoms with Crippen molar-refractivity contribution in [1.82, 2.24) is 4.98 Å². The van der Waals surface area contributed by atoms with Gasteiger partial charge in [0.1, 0.15) is 10.6 Å². The van der Waals surface area contributed by atoms with Crippen LogP contribution in [0.3, 0.4) is 0 Å². The van der Waals surface area contributed by atoms with Gasteiger partial charge in [-0.3, -0.25) is 4.79 Å². The van der Waals surface area contributed by atoms with Gasteiger partial charge in [0.05, 0.1) is 4.88 Å². The van der Waals surface area contributed by atoms with Crippen molar-refractivity contribution < 1.29 is 9.53 Å². The van der Waals surface area contributed by atoms with Crippen molar-refractivity contribution in [3.8, 4) is 0 Å². The molecule has 0 amide bonds. The highest BCUT2D eigenvalue weighted by molar-refractivity contribution is 7.13. The van der Waals surface area contributed by atoms with Crippen LogP contribution in [0.4, 0.5) is 0 Å². The Morgan fingerprint density at radius 1 is 1.77 bits per heavy atom. The molecule has 1 rings (SSSR count). The summed E-state index contributed by atoms with van der Waals surface area (Å²) >= 11 is 1.38. The maximum atomic E-state index is 10.5. The van der Waals surface area contributed by atoms with Crippen LogP contribution in [0.2, 0.25) is 0 Å². The first-order chi connectivity index (χ1) is 6.16. The summed E-state index contributed by atoms with van der Waals surface area (Å²) in [6.45, 7) is 4.01. The highest BCUT2D eigenvalue weighted by atomic mass is 32.1. The fourth-order valence-corrected chi connectivity index (χ4v) is 1.89. The molecule has 0 radical (unpaired) electrons. The SMILES string of the molecule is CCC(C)(OC)c1ncc(C=O)s1. The predicted molar refractivity (Wildman–Crippen MR) is 52.2 cm³/mol. The molecule has 0 fully saturated rings. The molecule has 0 aliphatic rings. The van der Waals surface area contributed by atoms with Crippen molar-refractivity contribution >= 4 is 17.6 Å². The Morgan fingerprint density at radius 2 is 2.46 bits per heavy atom. The smallest absolute Gasteiger partial charge is 0.161 e. The molecule has 13 heavy (non-hydrogen) atoms. The first-order valence-corrected chi connectivity index (χ1v) is 4.94. The standard InChI is InChI=1S/C9H13NO2S/c1-4-9(2,12-3)8-10-5-7(6-11)13-8/h5-6H,4H2,1-3H3. The van der Waals surface area contributed by atoms with Gasteiger partial charge in [0, 0.05) is 13.3 Å². The Hall–Kier alpha value is -0.740. The molecule has 1 heterocycles. The highest BCUT2D eigenvalue weighted by Crippen LogP contribution is 2.30. The average Bonchev–Trinajstić information content (AvgIpc) is 2.65. The van der Waals surface area contributed by atoms with Crippen molar-refractivity contribution in [2.45, 2.75) is 25.9 Å². The lowest BCUT2D eigenvalue weighted by atomic mass is 10.1. The Kier molecular flexibility index (Phi) is 3.17. The summed E-state index contributed by atoms with van der Waals surface area (Å²) in [7, 11) is 1.66. The summed E-state index contributed by atoms with van der Waals surface area (Å²) in [5.74, 6) is 0. The van der Waals surface area contributed by atoms with Crippen LogP contribution in [0, 0.1) is 0 Å². The number of carbonyl (C=O) groups excluding carboxylic acids is 1. The number of methoxy groups -OCH3 is 1. The van der Waals surface area contributed by atoms with Crippen LogP contribution >= 0.6 is 11.3 Å². The molecule has 0 bridgehead atoms. The van der Waals surface area contributed by atoms with E-state index in [1.165, 1.54) is 11.3 Å². The molecule has 0 aromatic carbocycles. The topological polar surface area (TPSA) is 39.2 Å². The van der Waals surface area contributed by atoms with Crippen LogP contribution in [0.1, 0.15) is 34.9 Å². The van der Waals surface area contributed by atoms with Gasteiger partial charge in [-0.25, -0.2) is 4.98 Å². The van der Waals surface area contributed by atoms with Crippen molar-refractivity contribution in [2.75, 3.05) is 7.11 Å². The lowest BCUT2D eigenvalue weighted by Gasteiger charge is -2.23. The maximum Gasteiger partial charge on any atom is 0.161 e. The molecule has 0 N–H and O–H groups in total.